The lowest BCUT2D eigenvalue weighted by Gasteiger charge is -2.12. The van der Waals surface area contributed by atoms with Gasteiger partial charge in [-0.15, -0.1) is 0 Å². The second kappa shape index (κ2) is 8.28. The number of esters is 1. The summed E-state index contributed by atoms with van der Waals surface area (Å²) in [6, 6.07) is 13.1. The Hall–Kier alpha value is -3.18. The summed E-state index contributed by atoms with van der Waals surface area (Å²) in [5.74, 6) is -0.537. The number of nitrogens with one attached hydrogen (secondary N) is 1. The molecule has 0 atom stereocenters. The fourth-order valence-corrected chi connectivity index (χ4v) is 5.34. The molecule has 0 radical (unpaired) electrons. The lowest BCUT2D eigenvalue weighted by atomic mass is 10.3. The van der Waals surface area contributed by atoms with Crippen molar-refractivity contribution in [2.75, 3.05) is 17.6 Å². The lowest BCUT2D eigenvalue weighted by Crippen LogP contribution is -2.16. The van der Waals surface area contributed by atoms with Crippen molar-refractivity contribution in [1.29, 1.82) is 0 Å². The van der Waals surface area contributed by atoms with E-state index in [0.717, 1.165) is 6.26 Å². The zero-order chi connectivity index (χ0) is 21.9. The first kappa shape index (κ1) is 21.5. The Morgan fingerprint density at radius 3 is 2.23 bits per heavy atom. The highest BCUT2D eigenvalue weighted by Gasteiger charge is 2.23. The minimum atomic E-state index is -4.13. The molecule has 1 aromatic heterocycles. The third kappa shape index (κ3) is 4.69. The van der Waals surface area contributed by atoms with Gasteiger partial charge < -0.3 is 4.74 Å². The Kier molecular flexibility index (Phi) is 5.94. The number of rotatable bonds is 7. The van der Waals surface area contributed by atoms with E-state index in [0.29, 0.717) is 5.69 Å². The first-order chi connectivity index (χ1) is 14.1. The van der Waals surface area contributed by atoms with Crippen LogP contribution < -0.4 is 4.72 Å². The highest BCUT2D eigenvalue weighted by Crippen LogP contribution is 2.24. The van der Waals surface area contributed by atoms with Crippen molar-refractivity contribution in [1.82, 2.24) is 9.78 Å². The largest absolute Gasteiger partial charge is 0.461 e. The van der Waals surface area contributed by atoms with E-state index in [9.17, 15) is 21.6 Å². The Labute approximate surface area is 174 Å². The predicted octanol–water partition coefficient (Wildman–Crippen LogP) is 2.25. The molecule has 0 saturated carbocycles. The molecular weight excluding hydrogens is 430 g/mol. The first-order valence-electron chi connectivity index (χ1n) is 8.77. The average Bonchev–Trinajstić information content (AvgIpc) is 3.18. The zero-order valence-corrected chi connectivity index (χ0v) is 17.8. The summed E-state index contributed by atoms with van der Waals surface area (Å²) in [6.07, 6.45) is 2.53. The van der Waals surface area contributed by atoms with Gasteiger partial charge in [0.2, 0.25) is 0 Å². The Morgan fingerprint density at radius 1 is 1.00 bits per heavy atom. The molecule has 0 spiro atoms. The molecule has 0 aliphatic heterocycles. The molecule has 11 heteroatoms. The van der Waals surface area contributed by atoms with Gasteiger partial charge in [0, 0.05) is 18.1 Å². The van der Waals surface area contributed by atoms with Crippen molar-refractivity contribution in [2.45, 2.75) is 16.7 Å². The Morgan fingerprint density at radius 2 is 1.63 bits per heavy atom. The van der Waals surface area contributed by atoms with Crippen LogP contribution in [0.4, 0.5) is 5.69 Å². The molecule has 2 aromatic carbocycles. The van der Waals surface area contributed by atoms with Crippen LogP contribution in [-0.2, 0) is 24.6 Å². The number of carbonyl (C=O) groups excluding carboxylic acids is 1. The van der Waals surface area contributed by atoms with Gasteiger partial charge in [-0.2, -0.15) is 5.10 Å². The number of carbonyl (C=O) groups is 1. The topological polar surface area (TPSA) is 124 Å². The SMILES string of the molecule is CCOC(=O)c1ccn(-c2ccc(NS(=O)(=O)c3ccccc3S(C)(=O)=O)cc2)n1. The van der Waals surface area contributed by atoms with Gasteiger partial charge in [0.1, 0.15) is 4.90 Å². The fraction of sp³-hybridized carbons (Fsp3) is 0.158. The normalized spacial score (nSPS) is 11.8. The monoisotopic (exact) mass is 449 g/mol. The summed E-state index contributed by atoms with van der Waals surface area (Å²) in [6.45, 7) is 1.94. The quantitative estimate of drug-likeness (QED) is 0.549. The minimum Gasteiger partial charge on any atom is -0.461 e. The van der Waals surface area contributed by atoms with E-state index in [2.05, 4.69) is 9.82 Å². The maximum atomic E-state index is 12.7. The maximum absolute atomic E-state index is 12.7. The predicted molar refractivity (Wildman–Crippen MR) is 110 cm³/mol. The number of sulfonamides is 1. The maximum Gasteiger partial charge on any atom is 0.358 e. The van der Waals surface area contributed by atoms with Gasteiger partial charge in [-0.3, -0.25) is 4.72 Å². The molecule has 0 saturated heterocycles. The van der Waals surface area contributed by atoms with Crippen molar-refractivity contribution in [3.63, 3.8) is 0 Å². The molecule has 9 nitrogen and oxygen atoms in total. The number of aromatic nitrogens is 2. The van der Waals surface area contributed by atoms with Crippen LogP contribution in [0.2, 0.25) is 0 Å². The van der Waals surface area contributed by atoms with Gasteiger partial charge in [-0.1, -0.05) is 12.1 Å². The van der Waals surface area contributed by atoms with Gasteiger partial charge in [0.25, 0.3) is 10.0 Å². The van der Waals surface area contributed by atoms with E-state index in [1.54, 1.807) is 25.3 Å². The van der Waals surface area contributed by atoms with E-state index >= 15 is 0 Å². The van der Waals surface area contributed by atoms with Gasteiger partial charge in [0.15, 0.2) is 15.5 Å². The lowest BCUT2D eigenvalue weighted by molar-refractivity contribution is 0.0519. The molecule has 0 aliphatic carbocycles. The molecule has 158 valence electrons. The number of nitrogens with zero attached hydrogens (tertiary/aromatic N) is 2. The molecule has 30 heavy (non-hydrogen) atoms. The first-order valence-corrected chi connectivity index (χ1v) is 12.1. The van der Waals surface area contributed by atoms with Crippen LogP contribution in [-0.4, -0.2) is 45.4 Å². The summed E-state index contributed by atoms with van der Waals surface area (Å²) in [5, 5.41) is 4.13. The molecule has 0 fully saturated rings. The van der Waals surface area contributed by atoms with Crippen LogP contribution in [0.5, 0.6) is 0 Å². The second-order valence-electron chi connectivity index (χ2n) is 6.24. The standard InChI is InChI=1S/C19H19N3O6S2/c1-3-28-19(23)16-12-13-22(20-16)15-10-8-14(9-11-15)21-30(26,27)18-7-5-4-6-17(18)29(2,24)25/h4-13,21H,3H2,1-2H3. The Bertz CT molecular complexity index is 1280. The molecule has 1 heterocycles. The third-order valence-electron chi connectivity index (χ3n) is 4.00. The van der Waals surface area contributed by atoms with E-state index < -0.39 is 25.8 Å². The zero-order valence-electron chi connectivity index (χ0n) is 16.1. The molecule has 0 amide bonds. The van der Waals surface area contributed by atoms with Gasteiger partial charge in [0.05, 0.1) is 17.2 Å². The number of anilines is 1. The van der Waals surface area contributed by atoms with E-state index in [1.807, 2.05) is 0 Å². The molecule has 3 aromatic rings. The van der Waals surface area contributed by atoms with E-state index in [-0.39, 0.29) is 27.8 Å². The molecule has 0 aliphatic rings. The number of benzene rings is 2. The van der Waals surface area contributed by atoms with Crippen LogP contribution in [0.1, 0.15) is 17.4 Å². The summed E-state index contributed by atoms with van der Waals surface area (Å²) < 4.78 is 58.0. The smallest absolute Gasteiger partial charge is 0.358 e. The Balaban J connectivity index is 1.84. The third-order valence-corrected chi connectivity index (χ3v) is 6.72. The van der Waals surface area contributed by atoms with Crippen molar-refractivity contribution < 1.29 is 26.4 Å². The summed E-state index contributed by atoms with van der Waals surface area (Å²) in [7, 11) is -7.86. The molecule has 0 unspecified atom stereocenters. The highest BCUT2D eigenvalue weighted by atomic mass is 32.2. The molecule has 1 N–H and O–H groups in total. The van der Waals surface area contributed by atoms with Crippen LogP contribution >= 0.6 is 0 Å². The molecule has 0 bridgehead atoms. The van der Waals surface area contributed by atoms with Gasteiger partial charge >= 0.3 is 5.97 Å². The summed E-state index contributed by atoms with van der Waals surface area (Å²) in [5.41, 5.74) is 0.976. The number of sulfone groups is 1. The van der Waals surface area contributed by atoms with E-state index in [1.165, 1.54) is 47.1 Å². The molecular formula is C19H19N3O6S2. The van der Waals surface area contributed by atoms with Crippen LogP contribution in [0.3, 0.4) is 0 Å². The number of hydrogen-bond donors (Lipinski definition) is 1. The van der Waals surface area contributed by atoms with Gasteiger partial charge in [-0.05, 0) is 49.4 Å². The number of ether oxygens (including phenoxy) is 1. The minimum absolute atomic E-state index is 0.152. The number of hydrogen-bond acceptors (Lipinski definition) is 7. The molecule has 3 rings (SSSR count). The second-order valence-corrected chi connectivity index (χ2v) is 9.87. The van der Waals surface area contributed by atoms with Gasteiger partial charge in [-0.25, -0.2) is 26.3 Å². The van der Waals surface area contributed by atoms with Crippen molar-refractivity contribution in [3.8, 4) is 5.69 Å². The fourth-order valence-electron chi connectivity index (χ4n) is 2.65. The summed E-state index contributed by atoms with van der Waals surface area (Å²) in [4.78, 5) is 11.1. The van der Waals surface area contributed by atoms with Crippen molar-refractivity contribution in [2.24, 2.45) is 0 Å². The van der Waals surface area contributed by atoms with E-state index in [4.69, 9.17) is 4.74 Å². The van der Waals surface area contributed by atoms with Crippen LogP contribution in [0.25, 0.3) is 5.69 Å². The summed E-state index contributed by atoms with van der Waals surface area (Å²) >= 11 is 0. The van der Waals surface area contributed by atoms with Crippen LogP contribution in [0, 0.1) is 0 Å². The van der Waals surface area contributed by atoms with Crippen molar-refractivity contribution >= 4 is 31.5 Å². The van der Waals surface area contributed by atoms with Crippen molar-refractivity contribution in [3.05, 3.63) is 66.5 Å². The van der Waals surface area contributed by atoms with Crippen LogP contribution in [0.15, 0.2) is 70.6 Å². The highest BCUT2D eigenvalue weighted by molar-refractivity contribution is 7.95. The average molecular weight is 450 g/mol.